The molecule has 0 aliphatic rings. The summed E-state index contributed by atoms with van der Waals surface area (Å²) < 4.78 is 0. The number of carbonyl (C=O) groups is 2. The first kappa shape index (κ1) is 19.9. The van der Waals surface area contributed by atoms with Gasteiger partial charge in [-0.3, -0.25) is 9.59 Å². The van der Waals surface area contributed by atoms with Crippen LogP contribution in [0.5, 0.6) is 0 Å². The second kappa shape index (κ2) is 10.6. The number of amides is 2. The SMILES string of the molecule is CCCC(CCN)CCC(=O)NCCC(=O)NC(C)(C)C. The van der Waals surface area contributed by atoms with E-state index >= 15 is 0 Å². The lowest BCUT2D eigenvalue weighted by atomic mass is 9.94. The maximum Gasteiger partial charge on any atom is 0.222 e. The molecule has 0 aliphatic heterocycles. The fourth-order valence-corrected chi connectivity index (χ4v) is 2.30. The van der Waals surface area contributed by atoms with Crippen molar-refractivity contribution in [2.45, 2.75) is 71.8 Å². The molecule has 0 radical (unpaired) electrons. The molecule has 5 nitrogen and oxygen atoms in total. The highest BCUT2D eigenvalue weighted by molar-refractivity contribution is 5.79. The molecule has 0 saturated carbocycles. The van der Waals surface area contributed by atoms with Gasteiger partial charge < -0.3 is 16.4 Å². The van der Waals surface area contributed by atoms with E-state index in [0.717, 1.165) is 25.7 Å². The van der Waals surface area contributed by atoms with Crippen LogP contribution in [0.2, 0.25) is 0 Å². The van der Waals surface area contributed by atoms with E-state index in [1.54, 1.807) is 0 Å². The zero-order valence-electron chi connectivity index (χ0n) is 14.1. The third-order valence-corrected chi connectivity index (χ3v) is 3.24. The van der Waals surface area contributed by atoms with Gasteiger partial charge in [0.1, 0.15) is 0 Å². The van der Waals surface area contributed by atoms with Crippen LogP contribution in [0.1, 0.15) is 66.2 Å². The average molecular weight is 299 g/mol. The molecule has 1 unspecified atom stereocenters. The van der Waals surface area contributed by atoms with Crippen molar-refractivity contribution in [3.05, 3.63) is 0 Å². The molecule has 124 valence electrons. The predicted octanol–water partition coefficient (Wildman–Crippen LogP) is 1.95. The summed E-state index contributed by atoms with van der Waals surface area (Å²) in [7, 11) is 0. The van der Waals surface area contributed by atoms with Gasteiger partial charge in [-0.2, -0.15) is 0 Å². The highest BCUT2D eigenvalue weighted by Gasteiger charge is 2.14. The van der Waals surface area contributed by atoms with Crippen LogP contribution in [0.4, 0.5) is 0 Å². The monoisotopic (exact) mass is 299 g/mol. The van der Waals surface area contributed by atoms with E-state index < -0.39 is 0 Å². The van der Waals surface area contributed by atoms with Gasteiger partial charge in [0, 0.05) is 24.9 Å². The van der Waals surface area contributed by atoms with Crippen LogP contribution in [-0.4, -0.2) is 30.4 Å². The second-order valence-electron chi connectivity index (χ2n) is 6.67. The zero-order chi connectivity index (χ0) is 16.3. The Labute approximate surface area is 129 Å². The molecule has 0 spiro atoms. The first-order valence-electron chi connectivity index (χ1n) is 8.06. The summed E-state index contributed by atoms with van der Waals surface area (Å²) in [6.07, 6.45) is 4.95. The van der Waals surface area contributed by atoms with Crippen LogP contribution in [0.25, 0.3) is 0 Å². The number of carbonyl (C=O) groups excluding carboxylic acids is 2. The Morgan fingerprint density at radius 1 is 1.05 bits per heavy atom. The fraction of sp³-hybridized carbons (Fsp3) is 0.875. The van der Waals surface area contributed by atoms with E-state index in [2.05, 4.69) is 17.6 Å². The highest BCUT2D eigenvalue weighted by Crippen LogP contribution is 2.16. The number of nitrogens with two attached hydrogens (primary N) is 1. The first-order valence-corrected chi connectivity index (χ1v) is 8.06. The third kappa shape index (κ3) is 12.4. The summed E-state index contributed by atoms with van der Waals surface area (Å²) in [5.74, 6) is 0.529. The van der Waals surface area contributed by atoms with Crippen molar-refractivity contribution in [2.75, 3.05) is 13.1 Å². The van der Waals surface area contributed by atoms with Gasteiger partial charge in [-0.15, -0.1) is 0 Å². The van der Waals surface area contributed by atoms with Crippen LogP contribution in [-0.2, 0) is 9.59 Å². The minimum atomic E-state index is -0.226. The molecule has 0 fully saturated rings. The average Bonchev–Trinajstić information content (AvgIpc) is 2.34. The predicted molar refractivity (Wildman–Crippen MR) is 86.8 cm³/mol. The molecule has 0 aromatic rings. The van der Waals surface area contributed by atoms with E-state index in [-0.39, 0.29) is 17.4 Å². The van der Waals surface area contributed by atoms with Gasteiger partial charge in [0.05, 0.1) is 0 Å². The third-order valence-electron chi connectivity index (χ3n) is 3.24. The van der Waals surface area contributed by atoms with Gasteiger partial charge in [-0.25, -0.2) is 0 Å². The number of rotatable bonds is 10. The van der Waals surface area contributed by atoms with E-state index in [4.69, 9.17) is 5.73 Å². The van der Waals surface area contributed by atoms with Crippen molar-refractivity contribution in [1.82, 2.24) is 10.6 Å². The maximum atomic E-state index is 11.7. The topological polar surface area (TPSA) is 84.2 Å². The van der Waals surface area contributed by atoms with Gasteiger partial charge >= 0.3 is 0 Å². The molecule has 0 aliphatic carbocycles. The molecule has 21 heavy (non-hydrogen) atoms. The van der Waals surface area contributed by atoms with Gasteiger partial charge in [-0.05, 0) is 46.1 Å². The van der Waals surface area contributed by atoms with Crippen molar-refractivity contribution < 1.29 is 9.59 Å². The van der Waals surface area contributed by atoms with E-state index in [9.17, 15) is 9.59 Å². The molecular weight excluding hydrogens is 266 g/mol. The molecule has 1 atom stereocenters. The standard InChI is InChI=1S/C16H33N3O2/c1-5-6-13(9-11-17)7-8-14(20)18-12-10-15(21)19-16(2,3)4/h13H,5-12,17H2,1-4H3,(H,18,20)(H,19,21). The van der Waals surface area contributed by atoms with Crippen LogP contribution in [0.15, 0.2) is 0 Å². The lowest BCUT2D eigenvalue weighted by Crippen LogP contribution is -2.42. The molecule has 2 amide bonds. The maximum absolute atomic E-state index is 11.7. The normalized spacial score (nSPS) is 12.8. The lowest BCUT2D eigenvalue weighted by Gasteiger charge is -2.20. The largest absolute Gasteiger partial charge is 0.356 e. The molecule has 0 aromatic heterocycles. The van der Waals surface area contributed by atoms with Crippen molar-refractivity contribution in [1.29, 1.82) is 0 Å². The van der Waals surface area contributed by atoms with Crippen LogP contribution in [0.3, 0.4) is 0 Å². The van der Waals surface area contributed by atoms with Gasteiger partial charge in [0.15, 0.2) is 0 Å². The highest BCUT2D eigenvalue weighted by atomic mass is 16.2. The van der Waals surface area contributed by atoms with Gasteiger partial charge in [-0.1, -0.05) is 19.8 Å². The van der Waals surface area contributed by atoms with Crippen molar-refractivity contribution in [3.8, 4) is 0 Å². The Balaban J connectivity index is 3.82. The molecule has 0 rings (SSSR count). The van der Waals surface area contributed by atoms with Crippen LogP contribution in [0, 0.1) is 5.92 Å². The number of nitrogens with one attached hydrogen (secondary N) is 2. The van der Waals surface area contributed by atoms with Crippen molar-refractivity contribution >= 4 is 11.8 Å². The summed E-state index contributed by atoms with van der Waals surface area (Å²) in [6.45, 7) is 9.05. The van der Waals surface area contributed by atoms with Gasteiger partial charge in [0.25, 0.3) is 0 Å². The molecular formula is C16H33N3O2. The summed E-state index contributed by atoms with van der Waals surface area (Å²) in [5.41, 5.74) is 5.36. The second-order valence-corrected chi connectivity index (χ2v) is 6.67. The summed E-state index contributed by atoms with van der Waals surface area (Å²) in [5, 5.41) is 5.68. The van der Waals surface area contributed by atoms with E-state index in [1.807, 2.05) is 20.8 Å². The molecule has 0 aromatic carbocycles. The minimum Gasteiger partial charge on any atom is -0.356 e. The minimum absolute atomic E-state index is 0.0247. The quantitative estimate of drug-likeness (QED) is 0.576. The Morgan fingerprint density at radius 2 is 1.71 bits per heavy atom. The smallest absolute Gasteiger partial charge is 0.222 e. The summed E-state index contributed by atoms with van der Waals surface area (Å²) >= 11 is 0. The molecule has 4 N–H and O–H groups in total. The Kier molecular flexibility index (Phi) is 10.0. The number of hydrogen-bond acceptors (Lipinski definition) is 3. The van der Waals surface area contributed by atoms with Crippen LogP contribution >= 0.6 is 0 Å². The Bertz CT molecular complexity index is 305. The lowest BCUT2D eigenvalue weighted by molar-refractivity contribution is -0.123. The summed E-state index contributed by atoms with van der Waals surface area (Å²) in [6, 6.07) is 0. The van der Waals surface area contributed by atoms with E-state index in [1.165, 1.54) is 0 Å². The summed E-state index contributed by atoms with van der Waals surface area (Å²) in [4.78, 5) is 23.3. The fourth-order valence-electron chi connectivity index (χ4n) is 2.30. The Hall–Kier alpha value is -1.10. The molecule has 0 saturated heterocycles. The van der Waals surface area contributed by atoms with E-state index in [0.29, 0.717) is 31.8 Å². The Morgan fingerprint density at radius 3 is 2.24 bits per heavy atom. The molecule has 0 bridgehead atoms. The number of hydrogen-bond donors (Lipinski definition) is 3. The molecule has 5 heteroatoms. The van der Waals surface area contributed by atoms with Gasteiger partial charge in [0.2, 0.25) is 11.8 Å². The van der Waals surface area contributed by atoms with Crippen molar-refractivity contribution in [3.63, 3.8) is 0 Å². The first-order chi connectivity index (χ1) is 9.78. The molecule has 0 heterocycles. The van der Waals surface area contributed by atoms with Crippen molar-refractivity contribution in [2.24, 2.45) is 11.7 Å². The van der Waals surface area contributed by atoms with Crippen LogP contribution < -0.4 is 16.4 Å². The zero-order valence-corrected chi connectivity index (χ0v) is 14.1.